The predicted molar refractivity (Wildman–Crippen MR) is 63.6 cm³/mol. The van der Waals surface area contributed by atoms with Crippen molar-refractivity contribution in [3.63, 3.8) is 0 Å². The maximum Gasteiger partial charge on any atom is 0.348 e. The standard InChI is InChI=1S/C10H11ClN4O4/c11-8-7(15(18)19)9(13-5-12-8)14-3-1-6(2-4-14)10(16)17/h5-6H,1-4H2,(H,16,17)/p-1. The Bertz CT molecular complexity index is 516. The minimum atomic E-state index is -1.09. The van der Waals surface area contributed by atoms with Crippen LogP contribution in [0.3, 0.4) is 0 Å². The highest BCUT2D eigenvalue weighted by Crippen LogP contribution is 2.33. The zero-order valence-electron chi connectivity index (χ0n) is 9.78. The number of hydrogen-bond donors (Lipinski definition) is 0. The van der Waals surface area contributed by atoms with Gasteiger partial charge in [0.25, 0.3) is 0 Å². The Balaban J connectivity index is 2.22. The van der Waals surface area contributed by atoms with Gasteiger partial charge in [0, 0.05) is 25.0 Å². The van der Waals surface area contributed by atoms with Gasteiger partial charge in [0.2, 0.25) is 11.0 Å². The van der Waals surface area contributed by atoms with Crippen molar-refractivity contribution in [1.82, 2.24) is 9.97 Å². The molecule has 0 aromatic carbocycles. The molecule has 0 unspecified atom stereocenters. The zero-order chi connectivity index (χ0) is 14.0. The van der Waals surface area contributed by atoms with E-state index in [1.165, 1.54) is 0 Å². The number of aliphatic carboxylic acids is 1. The summed E-state index contributed by atoms with van der Waals surface area (Å²) in [5.41, 5.74) is -0.351. The molecule has 8 nitrogen and oxygen atoms in total. The Kier molecular flexibility index (Phi) is 3.79. The molecule has 1 aliphatic heterocycles. The van der Waals surface area contributed by atoms with Crippen molar-refractivity contribution in [2.75, 3.05) is 18.0 Å². The highest BCUT2D eigenvalue weighted by Gasteiger charge is 2.29. The summed E-state index contributed by atoms with van der Waals surface area (Å²) in [5.74, 6) is -1.48. The average molecular weight is 286 g/mol. The third-order valence-corrected chi connectivity index (χ3v) is 3.35. The minimum Gasteiger partial charge on any atom is -0.550 e. The number of carboxylic acid groups (broad SMARTS) is 1. The van der Waals surface area contributed by atoms with Gasteiger partial charge in [-0.2, -0.15) is 0 Å². The summed E-state index contributed by atoms with van der Waals surface area (Å²) in [6.45, 7) is 0.708. The number of aromatic nitrogens is 2. The van der Waals surface area contributed by atoms with Crippen LogP contribution >= 0.6 is 11.6 Å². The van der Waals surface area contributed by atoms with Crippen LogP contribution in [-0.4, -0.2) is 34.0 Å². The van der Waals surface area contributed by atoms with Crippen molar-refractivity contribution in [2.45, 2.75) is 12.8 Å². The molecule has 1 fully saturated rings. The van der Waals surface area contributed by atoms with E-state index in [1.807, 2.05) is 0 Å². The molecule has 0 N–H and O–H groups in total. The van der Waals surface area contributed by atoms with Crippen LogP contribution in [-0.2, 0) is 4.79 Å². The first-order valence-corrected chi connectivity index (χ1v) is 5.99. The van der Waals surface area contributed by atoms with Gasteiger partial charge in [0.15, 0.2) is 0 Å². The molecule has 0 radical (unpaired) electrons. The van der Waals surface area contributed by atoms with Crippen molar-refractivity contribution in [1.29, 1.82) is 0 Å². The van der Waals surface area contributed by atoms with E-state index in [1.54, 1.807) is 4.90 Å². The van der Waals surface area contributed by atoms with Crippen LogP contribution in [0.2, 0.25) is 5.15 Å². The molecule has 9 heteroatoms. The summed E-state index contributed by atoms with van der Waals surface area (Å²) in [5, 5.41) is 21.5. The van der Waals surface area contributed by atoms with E-state index in [0.717, 1.165) is 6.33 Å². The number of rotatable bonds is 3. The van der Waals surface area contributed by atoms with Crippen molar-refractivity contribution in [2.24, 2.45) is 5.92 Å². The lowest BCUT2D eigenvalue weighted by atomic mass is 9.97. The third-order valence-electron chi connectivity index (χ3n) is 3.07. The molecule has 1 saturated heterocycles. The fourth-order valence-electron chi connectivity index (χ4n) is 2.06. The topological polar surface area (TPSA) is 112 Å². The summed E-state index contributed by atoms with van der Waals surface area (Å²) in [6.07, 6.45) is 1.87. The second kappa shape index (κ2) is 5.35. The van der Waals surface area contributed by atoms with E-state index >= 15 is 0 Å². The van der Waals surface area contributed by atoms with Gasteiger partial charge >= 0.3 is 5.69 Å². The summed E-state index contributed by atoms with van der Waals surface area (Å²) in [7, 11) is 0. The van der Waals surface area contributed by atoms with Gasteiger partial charge in [-0.1, -0.05) is 11.6 Å². The lowest BCUT2D eigenvalue weighted by Gasteiger charge is -2.32. The van der Waals surface area contributed by atoms with Gasteiger partial charge in [-0.3, -0.25) is 10.1 Å². The molecule has 1 aromatic rings. The Morgan fingerprint density at radius 2 is 2.05 bits per heavy atom. The molecule has 1 aromatic heterocycles. The fourth-order valence-corrected chi connectivity index (χ4v) is 2.26. The number of carbonyl (C=O) groups excluding carboxylic acids is 1. The molecule has 2 rings (SSSR count). The molecule has 19 heavy (non-hydrogen) atoms. The molecule has 0 atom stereocenters. The van der Waals surface area contributed by atoms with Crippen molar-refractivity contribution in [3.05, 3.63) is 21.6 Å². The smallest absolute Gasteiger partial charge is 0.348 e. The minimum absolute atomic E-state index is 0.127. The largest absolute Gasteiger partial charge is 0.550 e. The molecular weight excluding hydrogens is 276 g/mol. The quantitative estimate of drug-likeness (QED) is 0.436. The van der Waals surface area contributed by atoms with Crippen LogP contribution in [0.25, 0.3) is 0 Å². The number of anilines is 1. The number of carboxylic acids is 1. The highest BCUT2D eigenvalue weighted by atomic mass is 35.5. The molecule has 102 valence electrons. The summed E-state index contributed by atoms with van der Waals surface area (Å²) < 4.78 is 0. The molecule has 0 bridgehead atoms. The Morgan fingerprint density at radius 1 is 1.42 bits per heavy atom. The molecule has 0 saturated carbocycles. The normalized spacial score (nSPS) is 16.4. The van der Waals surface area contributed by atoms with Gasteiger partial charge < -0.3 is 14.8 Å². The number of hydrogen-bond acceptors (Lipinski definition) is 7. The number of nitrogens with zero attached hydrogens (tertiary/aromatic N) is 4. The van der Waals surface area contributed by atoms with Gasteiger partial charge in [0.1, 0.15) is 6.33 Å². The van der Waals surface area contributed by atoms with E-state index in [2.05, 4.69) is 9.97 Å². The van der Waals surface area contributed by atoms with E-state index in [4.69, 9.17) is 11.6 Å². The zero-order valence-corrected chi connectivity index (χ0v) is 10.5. The fraction of sp³-hybridized carbons (Fsp3) is 0.500. The molecule has 1 aliphatic rings. The van der Waals surface area contributed by atoms with Crippen LogP contribution in [0.1, 0.15) is 12.8 Å². The third kappa shape index (κ3) is 2.73. The monoisotopic (exact) mass is 285 g/mol. The number of halogens is 1. The maximum absolute atomic E-state index is 11.0. The molecule has 0 spiro atoms. The maximum atomic E-state index is 11.0. The van der Waals surface area contributed by atoms with E-state index in [-0.39, 0.29) is 16.7 Å². The summed E-state index contributed by atoms with van der Waals surface area (Å²) in [4.78, 5) is 30.2. The van der Waals surface area contributed by atoms with Gasteiger partial charge in [-0.25, -0.2) is 9.97 Å². The lowest BCUT2D eigenvalue weighted by Crippen LogP contribution is -2.41. The molecule has 2 heterocycles. The summed E-state index contributed by atoms with van der Waals surface area (Å²) >= 11 is 5.70. The Morgan fingerprint density at radius 3 is 2.58 bits per heavy atom. The molecule has 0 amide bonds. The van der Waals surface area contributed by atoms with Crippen molar-refractivity contribution < 1.29 is 14.8 Å². The first-order valence-electron chi connectivity index (χ1n) is 5.61. The van der Waals surface area contributed by atoms with Gasteiger partial charge in [-0.05, 0) is 12.8 Å². The van der Waals surface area contributed by atoms with Crippen LogP contribution < -0.4 is 10.0 Å². The van der Waals surface area contributed by atoms with Gasteiger partial charge in [0.05, 0.1) is 4.92 Å². The first kappa shape index (κ1) is 13.5. The van der Waals surface area contributed by atoms with E-state index in [0.29, 0.717) is 25.9 Å². The van der Waals surface area contributed by atoms with Crippen molar-refractivity contribution >= 4 is 29.1 Å². The van der Waals surface area contributed by atoms with E-state index < -0.39 is 16.8 Å². The van der Waals surface area contributed by atoms with Crippen LogP contribution in [0.4, 0.5) is 11.5 Å². The number of nitro groups is 1. The number of carbonyl (C=O) groups is 1. The Labute approximate surface area is 113 Å². The second-order valence-corrected chi connectivity index (χ2v) is 4.53. The summed E-state index contributed by atoms with van der Waals surface area (Å²) in [6, 6.07) is 0. The van der Waals surface area contributed by atoms with Gasteiger partial charge in [-0.15, -0.1) is 0 Å². The SMILES string of the molecule is O=C([O-])C1CCN(c2ncnc(Cl)c2[N+](=O)[O-])CC1. The van der Waals surface area contributed by atoms with Crippen molar-refractivity contribution in [3.8, 4) is 0 Å². The molecular formula is C10H10ClN4O4-. The first-order chi connectivity index (χ1) is 9.00. The molecule has 0 aliphatic carbocycles. The Hall–Kier alpha value is -1.96. The number of piperidine rings is 1. The predicted octanol–water partition coefficient (Wildman–Crippen LogP) is 0.00450. The van der Waals surface area contributed by atoms with Crippen LogP contribution in [0, 0.1) is 16.0 Å². The van der Waals surface area contributed by atoms with E-state index in [9.17, 15) is 20.0 Å². The average Bonchev–Trinajstić information content (AvgIpc) is 2.38. The van der Waals surface area contributed by atoms with Crippen LogP contribution in [0.5, 0.6) is 0 Å². The highest BCUT2D eigenvalue weighted by molar-refractivity contribution is 6.31. The lowest BCUT2D eigenvalue weighted by molar-refractivity contribution is -0.384. The van der Waals surface area contributed by atoms with Crippen LogP contribution in [0.15, 0.2) is 6.33 Å². The second-order valence-electron chi connectivity index (χ2n) is 4.17.